The summed E-state index contributed by atoms with van der Waals surface area (Å²) in [6.07, 6.45) is 1.51. The number of rotatable bonds is 5. The van der Waals surface area contributed by atoms with Crippen LogP contribution >= 0.6 is 0 Å². The molecule has 1 N–H and O–H groups in total. The predicted octanol–water partition coefficient (Wildman–Crippen LogP) is 3.57. The topological polar surface area (TPSA) is 60.2 Å². The number of ether oxygens (including phenoxy) is 1. The van der Waals surface area contributed by atoms with Crippen molar-refractivity contribution in [2.24, 2.45) is 0 Å². The zero-order chi connectivity index (χ0) is 14.7. The van der Waals surface area contributed by atoms with Gasteiger partial charge in [0.2, 0.25) is 5.88 Å². The molecule has 0 fully saturated rings. The molecule has 0 aliphatic carbocycles. The highest BCUT2D eigenvalue weighted by Crippen LogP contribution is 2.27. The van der Waals surface area contributed by atoms with Gasteiger partial charge in [-0.05, 0) is 40.7 Å². The van der Waals surface area contributed by atoms with E-state index in [1.165, 1.54) is 6.33 Å². The number of hydrogen-bond donors (Lipinski definition) is 1. The van der Waals surface area contributed by atoms with Crippen LogP contribution in [0.15, 0.2) is 16.8 Å². The molecule has 0 aliphatic rings. The van der Waals surface area contributed by atoms with Crippen molar-refractivity contribution in [2.75, 3.05) is 11.9 Å². The maximum Gasteiger partial charge on any atom is 0.221 e. The zero-order valence-corrected chi connectivity index (χ0v) is 12.7. The molecule has 2 rings (SSSR count). The fourth-order valence-electron chi connectivity index (χ4n) is 2.22. The minimum Gasteiger partial charge on any atom is -0.478 e. The Labute approximate surface area is 119 Å². The SMILES string of the molecule is CCOc1ncnc(NC(C)c2cc(C)oc2C)c1C. The Kier molecular flexibility index (Phi) is 4.27. The Morgan fingerprint density at radius 1 is 1.30 bits per heavy atom. The van der Waals surface area contributed by atoms with E-state index in [2.05, 4.69) is 22.2 Å². The number of hydrogen-bond acceptors (Lipinski definition) is 5. The van der Waals surface area contributed by atoms with Crippen molar-refractivity contribution in [1.29, 1.82) is 0 Å². The molecule has 0 aromatic carbocycles. The summed E-state index contributed by atoms with van der Waals surface area (Å²) < 4.78 is 11.1. The van der Waals surface area contributed by atoms with E-state index in [-0.39, 0.29) is 6.04 Å². The van der Waals surface area contributed by atoms with Gasteiger partial charge in [-0.3, -0.25) is 0 Å². The van der Waals surface area contributed by atoms with Crippen molar-refractivity contribution in [2.45, 2.75) is 40.7 Å². The van der Waals surface area contributed by atoms with E-state index in [1.807, 2.05) is 33.8 Å². The highest BCUT2D eigenvalue weighted by atomic mass is 16.5. The number of anilines is 1. The van der Waals surface area contributed by atoms with Crippen LogP contribution in [-0.2, 0) is 0 Å². The molecule has 2 aromatic heterocycles. The quantitative estimate of drug-likeness (QED) is 0.904. The molecule has 0 spiro atoms. The van der Waals surface area contributed by atoms with Crippen molar-refractivity contribution in [3.8, 4) is 5.88 Å². The van der Waals surface area contributed by atoms with Gasteiger partial charge in [0.15, 0.2) is 0 Å². The molecule has 1 unspecified atom stereocenters. The summed E-state index contributed by atoms with van der Waals surface area (Å²) in [6, 6.07) is 2.16. The average Bonchev–Trinajstić information content (AvgIpc) is 2.73. The number of nitrogens with one attached hydrogen (secondary N) is 1. The fraction of sp³-hybridized carbons (Fsp3) is 0.467. The molecule has 0 saturated carbocycles. The van der Waals surface area contributed by atoms with Gasteiger partial charge in [-0.2, -0.15) is 0 Å². The zero-order valence-electron chi connectivity index (χ0n) is 12.7. The van der Waals surface area contributed by atoms with E-state index < -0.39 is 0 Å². The summed E-state index contributed by atoms with van der Waals surface area (Å²) in [7, 11) is 0. The number of furan rings is 1. The summed E-state index contributed by atoms with van der Waals surface area (Å²) in [5.74, 6) is 3.26. The lowest BCUT2D eigenvalue weighted by molar-refractivity contribution is 0.324. The van der Waals surface area contributed by atoms with Crippen LogP contribution in [0.2, 0.25) is 0 Å². The highest BCUT2D eigenvalue weighted by Gasteiger charge is 2.15. The minimum atomic E-state index is 0.107. The molecular weight excluding hydrogens is 254 g/mol. The molecule has 2 aromatic rings. The van der Waals surface area contributed by atoms with Gasteiger partial charge in [0.25, 0.3) is 0 Å². The Morgan fingerprint density at radius 2 is 2.05 bits per heavy atom. The Hall–Kier alpha value is -2.04. The van der Waals surface area contributed by atoms with Crippen LogP contribution in [0.25, 0.3) is 0 Å². The van der Waals surface area contributed by atoms with Crippen LogP contribution < -0.4 is 10.1 Å². The van der Waals surface area contributed by atoms with E-state index in [1.54, 1.807) is 0 Å². The lowest BCUT2D eigenvalue weighted by atomic mass is 10.1. The molecule has 0 saturated heterocycles. The number of aromatic nitrogens is 2. The molecule has 5 heteroatoms. The average molecular weight is 275 g/mol. The van der Waals surface area contributed by atoms with Crippen molar-refractivity contribution in [1.82, 2.24) is 9.97 Å². The van der Waals surface area contributed by atoms with Crippen LogP contribution in [0.3, 0.4) is 0 Å². The van der Waals surface area contributed by atoms with Crippen LogP contribution in [0.1, 0.15) is 42.5 Å². The van der Waals surface area contributed by atoms with Gasteiger partial charge >= 0.3 is 0 Å². The first kappa shape index (κ1) is 14.4. The van der Waals surface area contributed by atoms with Gasteiger partial charge in [0.05, 0.1) is 18.2 Å². The van der Waals surface area contributed by atoms with E-state index >= 15 is 0 Å². The van der Waals surface area contributed by atoms with Crippen LogP contribution in [0.4, 0.5) is 5.82 Å². The summed E-state index contributed by atoms with van der Waals surface area (Å²) >= 11 is 0. The van der Waals surface area contributed by atoms with Crippen molar-refractivity contribution in [3.05, 3.63) is 35.0 Å². The van der Waals surface area contributed by atoms with Crippen LogP contribution in [-0.4, -0.2) is 16.6 Å². The second-order valence-electron chi connectivity index (χ2n) is 4.82. The molecular formula is C15H21N3O2. The van der Waals surface area contributed by atoms with E-state index in [0.717, 1.165) is 28.5 Å². The molecule has 2 heterocycles. The van der Waals surface area contributed by atoms with Crippen LogP contribution in [0, 0.1) is 20.8 Å². The summed E-state index contributed by atoms with van der Waals surface area (Å²) in [4.78, 5) is 8.43. The molecule has 0 radical (unpaired) electrons. The van der Waals surface area contributed by atoms with Gasteiger partial charge in [-0.25, -0.2) is 9.97 Å². The van der Waals surface area contributed by atoms with Crippen molar-refractivity contribution in [3.63, 3.8) is 0 Å². The third-order valence-corrected chi connectivity index (χ3v) is 3.22. The third-order valence-electron chi connectivity index (χ3n) is 3.22. The normalized spacial score (nSPS) is 12.2. The predicted molar refractivity (Wildman–Crippen MR) is 78.2 cm³/mol. The van der Waals surface area contributed by atoms with E-state index in [4.69, 9.17) is 9.15 Å². The monoisotopic (exact) mass is 275 g/mol. The van der Waals surface area contributed by atoms with E-state index in [0.29, 0.717) is 12.5 Å². The molecule has 0 aliphatic heterocycles. The third kappa shape index (κ3) is 2.92. The second kappa shape index (κ2) is 5.94. The van der Waals surface area contributed by atoms with Gasteiger partial charge < -0.3 is 14.5 Å². The highest BCUT2D eigenvalue weighted by molar-refractivity contribution is 5.49. The summed E-state index contributed by atoms with van der Waals surface area (Å²) in [5.41, 5.74) is 2.05. The van der Waals surface area contributed by atoms with E-state index in [9.17, 15) is 0 Å². The Bertz CT molecular complexity index is 593. The lowest BCUT2D eigenvalue weighted by Crippen LogP contribution is -2.10. The van der Waals surface area contributed by atoms with Gasteiger partial charge in [0, 0.05) is 5.56 Å². The number of nitrogens with zero attached hydrogens (tertiary/aromatic N) is 2. The number of aryl methyl sites for hydroxylation is 2. The first-order valence-corrected chi connectivity index (χ1v) is 6.80. The standard InChI is InChI=1S/C15H21N3O2/c1-6-19-15-10(3)14(16-8-17-15)18-11(4)13-7-9(2)20-12(13)5/h7-8,11H,6H2,1-5H3,(H,16,17,18). The summed E-state index contributed by atoms with van der Waals surface area (Å²) in [5, 5.41) is 3.39. The van der Waals surface area contributed by atoms with Crippen molar-refractivity contribution >= 4 is 5.82 Å². The Balaban J connectivity index is 2.21. The first-order valence-electron chi connectivity index (χ1n) is 6.80. The second-order valence-corrected chi connectivity index (χ2v) is 4.82. The molecule has 1 atom stereocenters. The molecule has 5 nitrogen and oxygen atoms in total. The van der Waals surface area contributed by atoms with Gasteiger partial charge in [-0.1, -0.05) is 0 Å². The molecule has 0 amide bonds. The minimum absolute atomic E-state index is 0.107. The smallest absolute Gasteiger partial charge is 0.221 e. The maximum absolute atomic E-state index is 5.57. The van der Waals surface area contributed by atoms with Crippen molar-refractivity contribution < 1.29 is 9.15 Å². The summed E-state index contributed by atoms with van der Waals surface area (Å²) in [6.45, 7) is 10.5. The lowest BCUT2D eigenvalue weighted by Gasteiger charge is -2.16. The van der Waals surface area contributed by atoms with Gasteiger partial charge in [0.1, 0.15) is 23.7 Å². The molecule has 108 valence electrons. The molecule has 20 heavy (non-hydrogen) atoms. The fourth-order valence-corrected chi connectivity index (χ4v) is 2.22. The first-order chi connectivity index (χ1) is 9.52. The molecule has 0 bridgehead atoms. The Morgan fingerprint density at radius 3 is 2.65 bits per heavy atom. The van der Waals surface area contributed by atoms with Gasteiger partial charge in [-0.15, -0.1) is 0 Å². The largest absolute Gasteiger partial charge is 0.478 e. The van der Waals surface area contributed by atoms with Crippen LogP contribution in [0.5, 0.6) is 5.88 Å². The maximum atomic E-state index is 5.57.